The number of halogens is 1. The first-order valence-corrected chi connectivity index (χ1v) is 13.6. The Morgan fingerprint density at radius 3 is 2.18 bits per heavy atom. The largest absolute Gasteiger partial charge is 0.480 e. The van der Waals surface area contributed by atoms with E-state index in [1.807, 2.05) is 29.2 Å². The van der Waals surface area contributed by atoms with E-state index in [9.17, 15) is 23.1 Å². The number of hydrogen-bond acceptors (Lipinski definition) is 6. The van der Waals surface area contributed by atoms with Crippen molar-refractivity contribution in [3.8, 4) is 18.0 Å². The molecule has 10 nitrogen and oxygen atoms in total. The zero-order chi connectivity index (χ0) is 28.0. The van der Waals surface area contributed by atoms with Gasteiger partial charge in [0.2, 0.25) is 0 Å². The minimum Gasteiger partial charge on any atom is -0.480 e. The third-order valence-electron chi connectivity index (χ3n) is 6.02. The van der Waals surface area contributed by atoms with Gasteiger partial charge >= 0.3 is 5.97 Å². The summed E-state index contributed by atoms with van der Waals surface area (Å²) < 4.78 is 28.9. The van der Waals surface area contributed by atoms with Crippen molar-refractivity contribution in [2.45, 2.75) is 19.9 Å². The lowest BCUT2D eigenvalue weighted by molar-refractivity contribution is -0.140. The van der Waals surface area contributed by atoms with Crippen LogP contribution >= 0.6 is 11.6 Å². The number of nitrogens with zero attached hydrogens (tertiary/aromatic N) is 4. The first-order chi connectivity index (χ1) is 17.9. The highest BCUT2D eigenvalue weighted by atomic mass is 35.5. The number of nitrogens with one attached hydrogen (secondary N) is 1. The molecule has 1 amide bonds. The summed E-state index contributed by atoms with van der Waals surface area (Å²) in [5, 5.41) is 18.5. The van der Waals surface area contributed by atoms with Crippen molar-refractivity contribution >= 4 is 39.4 Å². The highest BCUT2D eigenvalue weighted by Crippen LogP contribution is 2.20. The predicted octanol–water partition coefficient (Wildman–Crippen LogP) is 2.36. The molecule has 200 valence electrons. The quantitative estimate of drug-likeness (QED) is 0.303. The van der Waals surface area contributed by atoms with Crippen molar-refractivity contribution in [1.82, 2.24) is 13.9 Å². The van der Waals surface area contributed by atoms with E-state index >= 15 is 0 Å². The number of piperazine rings is 1. The summed E-state index contributed by atoms with van der Waals surface area (Å²) in [6.45, 7) is 4.64. The van der Waals surface area contributed by atoms with E-state index in [-0.39, 0.29) is 29.6 Å². The van der Waals surface area contributed by atoms with Gasteiger partial charge in [0.25, 0.3) is 16.1 Å². The fourth-order valence-corrected chi connectivity index (χ4v) is 5.47. The van der Waals surface area contributed by atoms with Gasteiger partial charge < -0.3 is 10.0 Å². The van der Waals surface area contributed by atoms with Gasteiger partial charge in [-0.2, -0.15) is 22.7 Å². The number of aliphatic carboxylic acids is 1. The molecule has 2 aromatic carbocycles. The second-order valence-electron chi connectivity index (χ2n) is 9.02. The molecule has 0 saturated carbocycles. The van der Waals surface area contributed by atoms with E-state index in [0.717, 1.165) is 16.2 Å². The minimum absolute atomic E-state index is 0.192. The minimum atomic E-state index is -3.93. The lowest BCUT2D eigenvalue weighted by atomic mass is 10.1. The van der Waals surface area contributed by atoms with Gasteiger partial charge in [0, 0.05) is 50.0 Å². The number of nitriles is 1. The van der Waals surface area contributed by atoms with E-state index < -0.39 is 28.1 Å². The molecule has 38 heavy (non-hydrogen) atoms. The molecule has 1 heterocycles. The van der Waals surface area contributed by atoms with Crippen molar-refractivity contribution in [1.29, 1.82) is 5.26 Å². The van der Waals surface area contributed by atoms with Gasteiger partial charge in [0.1, 0.15) is 6.04 Å². The van der Waals surface area contributed by atoms with Crippen molar-refractivity contribution in [3.05, 3.63) is 64.2 Å². The maximum atomic E-state index is 12.7. The van der Waals surface area contributed by atoms with Crippen LogP contribution in [0.4, 0.5) is 5.69 Å². The van der Waals surface area contributed by atoms with Crippen molar-refractivity contribution in [2.75, 3.05) is 38.1 Å². The molecule has 2 aromatic rings. The van der Waals surface area contributed by atoms with Crippen LogP contribution in [0.1, 0.15) is 35.3 Å². The number of carboxylic acid groups (broad SMARTS) is 1. The summed E-state index contributed by atoms with van der Waals surface area (Å²) in [7, 11) is -2.57. The van der Waals surface area contributed by atoms with Crippen LogP contribution < -0.4 is 9.62 Å². The number of anilines is 1. The Kier molecular flexibility index (Phi) is 9.36. The fourth-order valence-electron chi connectivity index (χ4n) is 3.79. The van der Waals surface area contributed by atoms with Gasteiger partial charge in [-0.3, -0.25) is 9.59 Å². The lowest BCUT2D eigenvalue weighted by Gasteiger charge is -2.36. The molecule has 1 aliphatic rings. The van der Waals surface area contributed by atoms with E-state index in [4.69, 9.17) is 16.9 Å². The van der Waals surface area contributed by atoms with Crippen LogP contribution in [0.3, 0.4) is 0 Å². The maximum absolute atomic E-state index is 12.7. The molecule has 1 atom stereocenters. The Bertz CT molecular complexity index is 1400. The topological polar surface area (TPSA) is 134 Å². The second kappa shape index (κ2) is 12.3. The van der Waals surface area contributed by atoms with Crippen LogP contribution in [0, 0.1) is 29.2 Å². The third-order valence-corrected chi connectivity index (χ3v) is 7.95. The molecular weight excluding hydrogens is 530 g/mol. The first-order valence-electron chi connectivity index (χ1n) is 11.8. The Balaban J connectivity index is 1.64. The summed E-state index contributed by atoms with van der Waals surface area (Å²) in [6.07, 6.45) is 1.75. The highest BCUT2D eigenvalue weighted by molar-refractivity contribution is 7.87. The molecule has 1 fully saturated rings. The molecule has 1 saturated heterocycles. The molecule has 12 heteroatoms. The number of amides is 1. The van der Waals surface area contributed by atoms with Gasteiger partial charge in [0.15, 0.2) is 6.19 Å². The molecule has 0 bridgehead atoms. The van der Waals surface area contributed by atoms with Gasteiger partial charge in [-0.05, 0) is 48.4 Å². The number of rotatable bonds is 7. The summed E-state index contributed by atoms with van der Waals surface area (Å²) in [4.78, 5) is 26.6. The summed E-state index contributed by atoms with van der Waals surface area (Å²) in [6, 6.07) is 11.1. The summed E-state index contributed by atoms with van der Waals surface area (Å²) in [5.74, 6) is 3.92. The van der Waals surface area contributed by atoms with E-state index in [1.165, 1.54) is 11.4 Å². The number of carboxylic acids is 1. The van der Waals surface area contributed by atoms with Gasteiger partial charge in [-0.1, -0.05) is 37.3 Å². The molecule has 0 radical (unpaired) electrons. The van der Waals surface area contributed by atoms with Crippen molar-refractivity contribution in [3.63, 3.8) is 0 Å². The molecule has 1 aliphatic heterocycles. The molecule has 0 spiro atoms. The standard InChI is InChI=1S/C26H28ClN5O5S/c1-18(2)24(26(34)35)29-38(36,37)32-14-12-31(13-15-32)21-9-6-19(7-10-21)4-5-20-8-11-23(27)22(16-20)25(33)30(3)17-28/h6-11,16,18,24,29H,12-15H2,1-3H3,(H,34,35)/t24-/m1/s1. The number of carbonyl (C=O) groups excluding carboxylic acids is 1. The molecule has 0 unspecified atom stereocenters. The van der Waals surface area contributed by atoms with E-state index in [0.29, 0.717) is 18.7 Å². The molecule has 0 aliphatic carbocycles. The van der Waals surface area contributed by atoms with E-state index in [2.05, 4.69) is 16.6 Å². The van der Waals surface area contributed by atoms with Crippen molar-refractivity contribution < 1.29 is 23.1 Å². The Hall–Kier alpha value is -3.61. The van der Waals surface area contributed by atoms with Crippen molar-refractivity contribution in [2.24, 2.45) is 5.92 Å². The fraction of sp³-hybridized carbons (Fsp3) is 0.346. The Morgan fingerprint density at radius 1 is 1.05 bits per heavy atom. The predicted molar refractivity (Wildman–Crippen MR) is 144 cm³/mol. The van der Waals surface area contributed by atoms with Crippen LogP contribution in [-0.4, -0.2) is 73.9 Å². The molecular formula is C26H28ClN5O5S. The van der Waals surface area contributed by atoms with Crippen LogP contribution in [-0.2, 0) is 15.0 Å². The molecule has 3 rings (SSSR count). The maximum Gasteiger partial charge on any atom is 0.322 e. The van der Waals surface area contributed by atoms with E-state index in [1.54, 1.807) is 38.2 Å². The number of benzene rings is 2. The lowest BCUT2D eigenvalue weighted by Crippen LogP contribution is -2.55. The van der Waals surface area contributed by atoms with Gasteiger partial charge in [-0.15, -0.1) is 0 Å². The van der Waals surface area contributed by atoms with Crippen LogP contribution in [0.2, 0.25) is 5.02 Å². The summed E-state index contributed by atoms with van der Waals surface area (Å²) in [5.41, 5.74) is 2.41. The SMILES string of the molecule is CC(C)[C@@H](NS(=O)(=O)N1CCN(c2ccc(C#Cc3ccc(Cl)c(C(=O)N(C)C#N)c3)cc2)CC1)C(=O)O. The third kappa shape index (κ3) is 7.03. The Morgan fingerprint density at radius 2 is 1.63 bits per heavy atom. The zero-order valence-electron chi connectivity index (χ0n) is 21.2. The van der Waals surface area contributed by atoms with Gasteiger partial charge in [-0.25, -0.2) is 4.90 Å². The summed E-state index contributed by atoms with van der Waals surface area (Å²) >= 11 is 6.11. The van der Waals surface area contributed by atoms with Crippen LogP contribution in [0.15, 0.2) is 42.5 Å². The normalized spacial score (nSPS) is 14.8. The highest BCUT2D eigenvalue weighted by Gasteiger charge is 2.33. The Labute approximate surface area is 227 Å². The zero-order valence-corrected chi connectivity index (χ0v) is 22.8. The average Bonchev–Trinajstić information content (AvgIpc) is 2.90. The average molecular weight is 558 g/mol. The molecule has 0 aromatic heterocycles. The number of carbonyl (C=O) groups is 2. The second-order valence-corrected chi connectivity index (χ2v) is 11.1. The van der Waals surface area contributed by atoms with Crippen LogP contribution in [0.25, 0.3) is 0 Å². The molecule has 2 N–H and O–H groups in total. The smallest absolute Gasteiger partial charge is 0.322 e. The van der Waals surface area contributed by atoms with Gasteiger partial charge in [0.05, 0.1) is 10.6 Å². The first kappa shape index (κ1) is 29.0. The number of hydrogen-bond donors (Lipinski definition) is 2. The monoisotopic (exact) mass is 557 g/mol. The van der Waals surface area contributed by atoms with Crippen LogP contribution in [0.5, 0.6) is 0 Å².